The second kappa shape index (κ2) is 6.71. The van der Waals surface area contributed by atoms with Crippen LogP contribution in [-0.4, -0.2) is 24.0 Å². The molecule has 0 aromatic heterocycles. The number of hydrogen-bond acceptors (Lipinski definition) is 2. The third kappa shape index (κ3) is 3.82. The molecule has 0 saturated carbocycles. The molecule has 0 spiro atoms. The highest BCUT2D eigenvalue weighted by Gasteiger charge is 2.22. The molecule has 2 atom stereocenters. The molecule has 1 aromatic carbocycles. The monoisotopic (exact) mass is 292 g/mol. The molecular weight excluding hydrogens is 274 g/mol. The van der Waals surface area contributed by atoms with E-state index in [2.05, 4.69) is 11.8 Å². The van der Waals surface area contributed by atoms with Gasteiger partial charge in [0.1, 0.15) is 5.82 Å². The van der Waals surface area contributed by atoms with Gasteiger partial charge in [-0.3, -0.25) is 4.90 Å². The number of hydrogen-bond donors (Lipinski definition) is 1. The molecule has 102 valence electrons. The maximum absolute atomic E-state index is 13.3. The van der Waals surface area contributed by atoms with E-state index in [4.69, 9.17) is 17.3 Å². The fourth-order valence-corrected chi connectivity index (χ4v) is 2.41. The van der Waals surface area contributed by atoms with E-state index in [-0.39, 0.29) is 23.2 Å². The first kappa shape index (κ1) is 15.7. The summed E-state index contributed by atoms with van der Waals surface area (Å²) in [7, 11) is 0. The molecule has 0 radical (unpaired) electrons. The fourth-order valence-electron chi connectivity index (χ4n) is 2.29. The van der Waals surface area contributed by atoms with Crippen LogP contribution in [0.15, 0.2) is 18.2 Å². The molecule has 1 aromatic rings. The van der Waals surface area contributed by atoms with Crippen LogP contribution in [0.4, 0.5) is 4.39 Å². The number of nitrogens with two attached hydrogens (primary N) is 1. The Morgan fingerprint density at radius 1 is 1.50 bits per heavy atom. The largest absolute Gasteiger partial charge is 0.327 e. The van der Waals surface area contributed by atoms with Crippen molar-refractivity contribution in [1.29, 1.82) is 0 Å². The molecule has 1 aliphatic rings. The lowest BCUT2D eigenvalue weighted by Crippen LogP contribution is -2.45. The molecule has 1 saturated heterocycles. The number of likely N-dealkylation sites (tertiary alicyclic amines) is 1. The van der Waals surface area contributed by atoms with Gasteiger partial charge in [0, 0.05) is 19.1 Å². The van der Waals surface area contributed by atoms with Crippen molar-refractivity contribution in [2.75, 3.05) is 13.1 Å². The van der Waals surface area contributed by atoms with Crippen LogP contribution in [-0.2, 0) is 6.54 Å². The van der Waals surface area contributed by atoms with Crippen molar-refractivity contribution in [3.05, 3.63) is 34.6 Å². The van der Waals surface area contributed by atoms with E-state index < -0.39 is 0 Å². The van der Waals surface area contributed by atoms with Crippen molar-refractivity contribution in [3.63, 3.8) is 0 Å². The fraction of sp³-hybridized carbons (Fsp3) is 0.538. The second-order valence-corrected chi connectivity index (χ2v) is 5.32. The average molecular weight is 293 g/mol. The van der Waals surface area contributed by atoms with Gasteiger partial charge in [-0.05, 0) is 36.6 Å². The first-order valence-corrected chi connectivity index (χ1v) is 6.36. The lowest BCUT2D eigenvalue weighted by molar-refractivity contribution is 0.157. The molecule has 1 aliphatic heterocycles. The van der Waals surface area contributed by atoms with E-state index in [1.807, 2.05) is 6.07 Å². The Balaban J connectivity index is 0.00000162. The smallest absolute Gasteiger partial charge is 0.142 e. The maximum Gasteiger partial charge on any atom is 0.142 e. The zero-order chi connectivity index (χ0) is 12.4. The van der Waals surface area contributed by atoms with E-state index in [1.165, 1.54) is 6.07 Å². The zero-order valence-electron chi connectivity index (χ0n) is 10.4. The first-order valence-electron chi connectivity index (χ1n) is 5.98. The number of halogens is 3. The van der Waals surface area contributed by atoms with E-state index in [1.54, 1.807) is 6.07 Å². The molecule has 18 heavy (non-hydrogen) atoms. The van der Waals surface area contributed by atoms with Crippen molar-refractivity contribution < 1.29 is 4.39 Å². The third-order valence-electron chi connectivity index (χ3n) is 3.45. The summed E-state index contributed by atoms with van der Waals surface area (Å²) in [6.07, 6.45) is 1.01. The van der Waals surface area contributed by atoms with Gasteiger partial charge in [0.05, 0.1) is 5.02 Å². The molecule has 0 amide bonds. The Kier molecular flexibility index (Phi) is 5.86. The highest BCUT2D eigenvalue weighted by molar-refractivity contribution is 6.30. The Labute approximate surface area is 119 Å². The Morgan fingerprint density at radius 2 is 2.22 bits per heavy atom. The molecule has 0 bridgehead atoms. The van der Waals surface area contributed by atoms with Gasteiger partial charge in [-0.2, -0.15) is 0 Å². The summed E-state index contributed by atoms with van der Waals surface area (Å²) in [5.74, 6) is 0.159. The molecule has 0 aliphatic carbocycles. The van der Waals surface area contributed by atoms with Crippen LogP contribution in [0, 0.1) is 11.7 Å². The summed E-state index contributed by atoms with van der Waals surface area (Å²) in [5, 5.41) is 0.183. The highest BCUT2D eigenvalue weighted by atomic mass is 35.5. The summed E-state index contributed by atoms with van der Waals surface area (Å²) in [6.45, 7) is 4.89. The van der Waals surface area contributed by atoms with Crippen molar-refractivity contribution in [2.24, 2.45) is 11.7 Å². The Hall–Kier alpha value is -0.350. The van der Waals surface area contributed by atoms with Crippen LogP contribution in [0.1, 0.15) is 18.9 Å². The Morgan fingerprint density at radius 3 is 2.83 bits per heavy atom. The van der Waals surface area contributed by atoms with Crippen molar-refractivity contribution >= 4 is 24.0 Å². The molecular formula is C13H19Cl2FN2. The van der Waals surface area contributed by atoms with E-state index in [0.29, 0.717) is 12.0 Å². The van der Waals surface area contributed by atoms with Crippen LogP contribution in [0.5, 0.6) is 0 Å². The van der Waals surface area contributed by atoms with Gasteiger partial charge < -0.3 is 5.73 Å². The summed E-state index contributed by atoms with van der Waals surface area (Å²) in [4.78, 5) is 2.32. The topological polar surface area (TPSA) is 29.3 Å². The molecule has 1 fully saturated rings. The van der Waals surface area contributed by atoms with E-state index in [0.717, 1.165) is 31.6 Å². The maximum atomic E-state index is 13.3. The number of rotatable bonds is 2. The average Bonchev–Trinajstić information content (AvgIpc) is 2.29. The van der Waals surface area contributed by atoms with E-state index >= 15 is 0 Å². The van der Waals surface area contributed by atoms with Crippen LogP contribution in [0.25, 0.3) is 0 Å². The SMILES string of the molecule is CC1CN(Cc2ccc(Cl)c(F)c2)CCC1N.Cl. The molecule has 2 rings (SSSR count). The minimum Gasteiger partial charge on any atom is -0.327 e. The number of nitrogens with zero attached hydrogens (tertiary/aromatic N) is 1. The highest BCUT2D eigenvalue weighted by Crippen LogP contribution is 2.20. The minimum absolute atomic E-state index is 0. The summed E-state index contributed by atoms with van der Waals surface area (Å²) < 4.78 is 13.3. The van der Waals surface area contributed by atoms with Crippen molar-refractivity contribution in [1.82, 2.24) is 4.90 Å². The molecule has 5 heteroatoms. The van der Waals surface area contributed by atoms with Gasteiger partial charge in [-0.15, -0.1) is 12.4 Å². The Bertz CT molecular complexity index is 401. The molecule has 2 unspecified atom stereocenters. The van der Waals surface area contributed by atoms with Gasteiger partial charge in [0.25, 0.3) is 0 Å². The van der Waals surface area contributed by atoms with Gasteiger partial charge in [0.2, 0.25) is 0 Å². The van der Waals surface area contributed by atoms with Crippen LogP contribution in [0.3, 0.4) is 0 Å². The lowest BCUT2D eigenvalue weighted by Gasteiger charge is -2.35. The number of benzene rings is 1. The summed E-state index contributed by atoms with van der Waals surface area (Å²) in [6, 6.07) is 5.31. The lowest BCUT2D eigenvalue weighted by atomic mass is 9.94. The van der Waals surface area contributed by atoms with Gasteiger partial charge in [0.15, 0.2) is 0 Å². The van der Waals surface area contributed by atoms with E-state index in [9.17, 15) is 4.39 Å². The van der Waals surface area contributed by atoms with Crippen molar-refractivity contribution in [2.45, 2.75) is 25.9 Å². The third-order valence-corrected chi connectivity index (χ3v) is 3.75. The van der Waals surface area contributed by atoms with Crippen LogP contribution in [0.2, 0.25) is 5.02 Å². The van der Waals surface area contributed by atoms with Gasteiger partial charge in [-0.25, -0.2) is 4.39 Å². The second-order valence-electron chi connectivity index (χ2n) is 4.91. The molecule has 2 N–H and O–H groups in total. The molecule has 2 nitrogen and oxygen atoms in total. The zero-order valence-corrected chi connectivity index (χ0v) is 12.0. The quantitative estimate of drug-likeness (QED) is 0.908. The summed E-state index contributed by atoms with van der Waals surface area (Å²) in [5.41, 5.74) is 6.94. The van der Waals surface area contributed by atoms with Crippen LogP contribution >= 0.6 is 24.0 Å². The predicted octanol–water partition coefficient (Wildman–Crippen LogP) is 3.07. The van der Waals surface area contributed by atoms with Crippen molar-refractivity contribution in [3.8, 4) is 0 Å². The van der Waals surface area contributed by atoms with Crippen LogP contribution < -0.4 is 5.73 Å². The minimum atomic E-state index is -0.342. The standard InChI is InChI=1S/C13H18ClFN2.ClH/c1-9-7-17(5-4-13(9)16)8-10-2-3-11(14)12(15)6-10;/h2-3,6,9,13H,4-5,7-8,16H2,1H3;1H. The number of piperidine rings is 1. The first-order chi connectivity index (χ1) is 8.06. The van der Waals surface area contributed by atoms with Gasteiger partial charge >= 0.3 is 0 Å². The van der Waals surface area contributed by atoms with Gasteiger partial charge in [-0.1, -0.05) is 24.6 Å². The molecule has 1 heterocycles. The predicted molar refractivity (Wildman–Crippen MR) is 75.7 cm³/mol. The summed E-state index contributed by atoms with van der Waals surface area (Å²) >= 11 is 5.66. The normalized spacial score (nSPS) is 24.7.